The Labute approximate surface area is 89.0 Å². The molecule has 64 valence electrons. The smallest absolute Gasteiger partial charge is 0.157 e. The van der Waals surface area contributed by atoms with E-state index in [0.717, 1.165) is 3.57 Å². The lowest BCUT2D eigenvalue weighted by Gasteiger charge is -2.03. The van der Waals surface area contributed by atoms with Crippen LogP contribution in [0.1, 0.15) is 0 Å². The van der Waals surface area contributed by atoms with E-state index in [2.05, 4.69) is 22.6 Å². The van der Waals surface area contributed by atoms with Gasteiger partial charge in [0.15, 0.2) is 6.29 Å². The van der Waals surface area contributed by atoms with Gasteiger partial charge in [0.05, 0.1) is 5.02 Å². The Balaban J connectivity index is 2.78. The van der Waals surface area contributed by atoms with Gasteiger partial charge in [-0.05, 0) is 40.8 Å². The molecule has 0 unspecified atom stereocenters. The largest absolute Gasteiger partial charge is 0.485 e. The fourth-order valence-electron chi connectivity index (χ4n) is 0.716. The highest BCUT2D eigenvalue weighted by Crippen LogP contribution is 2.25. The summed E-state index contributed by atoms with van der Waals surface area (Å²) >= 11 is 7.97. The molecule has 0 aromatic heterocycles. The number of hydrogen-bond donors (Lipinski definition) is 0. The zero-order valence-electron chi connectivity index (χ0n) is 6.09. The summed E-state index contributed by atoms with van der Waals surface area (Å²) in [4.78, 5) is 9.99. The maximum Gasteiger partial charge on any atom is 0.157 e. The molecule has 0 fully saturated rings. The van der Waals surface area contributed by atoms with Crippen LogP contribution in [0.2, 0.25) is 5.02 Å². The molecule has 0 aliphatic carbocycles. The molecule has 0 N–H and O–H groups in total. The molecular weight excluding hydrogens is 290 g/mol. The Hall–Kier alpha value is -0.290. The van der Waals surface area contributed by atoms with E-state index in [4.69, 9.17) is 16.3 Å². The second-order valence-corrected chi connectivity index (χ2v) is 3.71. The molecule has 0 spiro atoms. The summed E-state index contributed by atoms with van der Waals surface area (Å²) in [5.74, 6) is 0.546. The van der Waals surface area contributed by atoms with Crippen LogP contribution in [0, 0.1) is 3.57 Å². The molecule has 0 aliphatic heterocycles. The summed E-state index contributed by atoms with van der Waals surface area (Å²) in [6.07, 6.45) is 0.689. The molecule has 0 bridgehead atoms. The highest BCUT2D eigenvalue weighted by atomic mass is 127. The molecule has 2 nitrogen and oxygen atoms in total. The summed E-state index contributed by atoms with van der Waals surface area (Å²) in [6, 6.07) is 5.39. The van der Waals surface area contributed by atoms with Crippen molar-refractivity contribution in [3.8, 4) is 5.75 Å². The SMILES string of the molecule is O=CCOc1ccc(I)cc1Cl. The van der Waals surface area contributed by atoms with Gasteiger partial charge in [0.1, 0.15) is 12.4 Å². The lowest BCUT2D eigenvalue weighted by molar-refractivity contribution is -0.109. The summed E-state index contributed by atoms with van der Waals surface area (Å²) in [7, 11) is 0. The van der Waals surface area contributed by atoms with Crippen molar-refractivity contribution in [1.82, 2.24) is 0 Å². The molecule has 1 rings (SSSR count). The number of hydrogen-bond acceptors (Lipinski definition) is 2. The summed E-state index contributed by atoms with van der Waals surface area (Å²) < 4.78 is 6.08. The molecule has 0 aliphatic rings. The van der Waals surface area contributed by atoms with Gasteiger partial charge in [-0.2, -0.15) is 0 Å². The van der Waals surface area contributed by atoms with E-state index in [1.54, 1.807) is 12.1 Å². The van der Waals surface area contributed by atoms with Crippen LogP contribution in [-0.4, -0.2) is 12.9 Å². The van der Waals surface area contributed by atoms with Gasteiger partial charge in [0.2, 0.25) is 0 Å². The van der Waals surface area contributed by atoms with Gasteiger partial charge in [0.25, 0.3) is 0 Å². The zero-order valence-corrected chi connectivity index (χ0v) is 9.00. The van der Waals surface area contributed by atoms with Crippen molar-refractivity contribution in [2.24, 2.45) is 0 Å². The van der Waals surface area contributed by atoms with Gasteiger partial charge in [-0.3, -0.25) is 4.79 Å². The number of carbonyl (C=O) groups excluding carboxylic acids is 1. The maximum absolute atomic E-state index is 9.99. The predicted molar refractivity (Wildman–Crippen MR) is 55.7 cm³/mol. The Morgan fingerprint density at radius 2 is 2.33 bits per heavy atom. The molecule has 12 heavy (non-hydrogen) atoms. The Morgan fingerprint density at radius 1 is 1.58 bits per heavy atom. The Bertz CT molecular complexity index is 288. The average Bonchev–Trinajstić information content (AvgIpc) is 2.03. The van der Waals surface area contributed by atoms with Crippen LogP contribution in [0.25, 0.3) is 0 Å². The van der Waals surface area contributed by atoms with Gasteiger partial charge in [-0.1, -0.05) is 11.6 Å². The number of rotatable bonds is 3. The predicted octanol–water partition coefficient (Wildman–Crippen LogP) is 2.52. The maximum atomic E-state index is 9.99. The van der Waals surface area contributed by atoms with Crippen LogP contribution in [0.5, 0.6) is 5.75 Å². The fraction of sp³-hybridized carbons (Fsp3) is 0.125. The molecule has 0 amide bonds. The van der Waals surface area contributed by atoms with E-state index in [1.165, 1.54) is 0 Å². The van der Waals surface area contributed by atoms with Gasteiger partial charge in [-0.25, -0.2) is 0 Å². The van der Waals surface area contributed by atoms with E-state index >= 15 is 0 Å². The number of benzene rings is 1. The summed E-state index contributed by atoms with van der Waals surface area (Å²) in [6.45, 7) is 0.0420. The minimum Gasteiger partial charge on any atom is -0.485 e. The zero-order chi connectivity index (χ0) is 8.97. The highest BCUT2D eigenvalue weighted by molar-refractivity contribution is 14.1. The first-order valence-corrected chi connectivity index (χ1v) is 4.71. The number of aldehydes is 1. The lowest BCUT2D eigenvalue weighted by Crippen LogP contribution is -1.97. The van der Waals surface area contributed by atoms with Crippen molar-refractivity contribution in [2.75, 3.05) is 6.61 Å². The van der Waals surface area contributed by atoms with Gasteiger partial charge in [0, 0.05) is 3.57 Å². The van der Waals surface area contributed by atoms with E-state index in [9.17, 15) is 4.79 Å². The first-order valence-electron chi connectivity index (χ1n) is 3.25. The molecule has 0 saturated carbocycles. The van der Waals surface area contributed by atoms with Crippen LogP contribution < -0.4 is 4.74 Å². The topological polar surface area (TPSA) is 26.3 Å². The second kappa shape index (κ2) is 4.67. The Kier molecular flexibility index (Phi) is 3.81. The first-order chi connectivity index (χ1) is 5.74. The third-order valence-corrected chi connectivity index (χ3v) is 2.17. The van der Waals surface area contributed by atoms with Crippen molar-refractivity contribution in [1.29, 1.82) is 0 Å². The molecule has 0 radical (unpaired) electrons. The minimum atomic E-state index is 0.0420. The molecule has 1 aromatic carbocycles. The van der Waals surface area contributed by atoms with Crippen LogP contribution in [0.4, 0.5) is 0 Å². The average molecular weight is 296 g/mol. The molecule has 0 atom stereocenters. The number of ether oxygens (including phenoxy) is 1. The van der Waals surface area contributed by atoms with E-state index in [0.29, 0.717) is 17.1 Å². The molecule has 1 aromatic rings. The van der Waals surface area contributed by atoms with E-state index in [1.807, 2.05) is 6.07 Å². The van der Waals surface area contributed by atoms with Crippen LogP contribution in [0.15, 0.2) is 18.2 Å². The Morgan fingerprint density at radius 3 is 2.92 bits per heavy atom. The third kappa shape index (κ3) is 2.64. The molecular formula is C8H6ClIO2. The second-order valence-electron chi connectivity index (χ2n) is 2.05. The normalized spacial score (nSPS) is 9.50. The van der Waals surface area contributed by atoms with Crippen molar-refractivity contribution in [3.05, 3.63) is 26.8 Å². The molecule has 0 heterocycles. The van der Waals surface area contributed by atoms with Crippen molar-refractivity contribution >= 4 is 40.5 Å². The summed E-state index contributed by atoms with van der Waals surface area (Å²) in [5, 5.41) is 0.531. The lowest BCUT2D eigenvalue weighted by atomic mass is 10.3. The van der Waals surface area contributed by atoms with E-state index < -0.39 is 0 Å². The van der Waals surface area contributed by atoms with Crippen LogP contribution in [-0.2, 0) is 4.79 Å². The number of halogens is 2. The quantitative estimate of drug-likeness (QED) is 0.633. The van der Waals surface area contributed by atoms with Crippen LogP contribution in [0.3, 0.4) is 0 Å². The van der Waals surface area contributed by atoms with Crippen molar-refractivity contribution in [3.63, 3.8) is 0 Å². The van der Waals surface area contributed by atoms with Crippen LogP contribution >= 0.6 is 34.2 Å². The molecule has 4 heteroatoms. The van der Waals surface area contributed by atoms with Gasteiger partial charge in [-0.15, -0.1) is 0 Å². The monoisotopic (exact) mass is 296 g/mol. The van der Waals surface area contributed by atoms with Gasteiger partial charge < -0.3 is 4.74 Å². The standard InChI is InChI=1S/C8H6ClIO2/c9-7-5-6(10)1-2-8(7)12-4-3-11/h1-3,5H,4H2. The van der Waals surface area contributed by atoms with Crippen molar-refractivity contribution < 1.29 is 9.53 Å². The third-order valence-electron chi connectivity index (χ3n) is 1.20. The molecule has 0 saturated heterocycles. The minimum absolute atomic E-state index is 0.0420. The highest BCUT2D eigenvalue weighted by Gasteiger charge is 2.00. The van der Waals surface area contributed by atoms with Gasteiger partial charge >= 0.3 is 0 Å². The van der Waals surface area contributed by atoms with Crippen molar-refractivity contribution in [2.45, 2.75) is 0 Å². The first kappa shape index (κ1) is 9.80. The number of carbonyl (C=O) groups is 1. The summed E-state index contributed by atoms with van der Waals surface area (Å²) in [5.41, 5.74) is 0. The van der Waals surface area contributed by atoms with E-state index in [-0.39, 0.29) is 6.61 Å². The fourth-order valence-corrected chi connectivity index (χ4v) is 1.63.